The molecule has 0 saturated heterocycles. The second-order valence-electron chi connectivity index (χ2n) is 6.64. The van der Waals surface area contributed by atoms with Gasteiger partial charge < -0.3 is 14.8 Å². The van der Waals surface area contributed by atoms with Crippen LogP contribution >= 0.6 is 0 Å². The smallest absolute Gasteiger partial charge is 0.259 e. The number of carbonyl (C=O) groups is 1. The van der Waals surface area contributed by atoms with Crippen molar-refractivity contribution in [3.8, 4) is 11.5 Å². The fraction of sp³-hybridized carbons (Fsp3) is 0.381. The molecule has 4 nitrogen and oxygen atoms in total. The number of amides is 1. The molecule has 4 heteroatoms. The van der Waals surface area contributed by atoms with E-state index in [-0.39, 0.29) is 5.91 Å². The first kappa shape index (κ1) is 18.8. The summed E-state index contributed by atoms with van der Waals surface area (Å²) in [6, 6.07) is 11.4. The SMILES string of the molecule is COc1ccc(C(=O)Nc2c(C(C)C)cccc2C(C)C)c(OC)c1. The predicted octanol–water partition coefficient (Wildman–Crippen LogP) is 5.20. The van der Waals surface area contributed by atoms with Crippen molar-refractivity contribution in [2.24, 2.45) is 0 Å². The van der Waals surface area contributed by atoms with Crippen LogP contribution in [0, 0.1) is 0 Å². The maximum Gasteiger partial charge on any atom is 0.259 e. The van der Waals surface area contributed by atoms with Crippen LogP contribution in [0.1, 0.15) is 61.0 Å². The van der Waals surface area contributed by atoms with Crippen molar-refractivity contribution >= 4 is 11.6 Å². The number of nitrogens with one attached hydrogen (secondary N) is 1. The third-order valence-corrected chi connectivity index (χ3v) is 4.26. The molecular formula is C21H27NO3. The Morgan fingerprint density at radius 2 is 1.52 bits per heavy atom. The Kier molecular flexibility index (Phi) is 6.07. The molecule has 0 unspecified atom stereocenters. The Balaban J connectivity index is 2.44. The van der Waals surface area contributed by atoms with Crippen LogP contribution < -0.4 is 14.8 Å². The molecule has 134 valence electrons. The van der Waals surface area contributed by atoms with Gasteiger partial charge in [-0.3, -0.25) is 4.79 Å². The van der Waals surface area contributed by atoms with Crippen LogP contribution in [0.5, 0.6) is 11.5 Å². The number of rotatable bonds is 6. The number of hydrogen-bond acceptors (Lipinski definition) is 3. The van der Waals surface area contributed by atoms with Crippen LogP contribution in [0.3, 0.4) is 0 Å². The Morgan fingerprint density at radius 3 is 2.00 bits per heavy atom. The van der Waals surface area contributed by atoms with Gasteiger partial charge in [-0.25, -0.2) is 0 Å². The van der Waals surface area contributed by atoms with Crippen LogP contribution in [0.15, 0.2) is 36.4 Å². The Bertz CT molecular complexity index is 725. The normalized spacial score (nSPS) is 10.9. The number of methoxy groups -OCH3 is 2. The number of anilines is 1. The van der Waals surface area contributed by atoms with Gasteiger partial charge in [0.2, 0.25) is 0 Å². The lowest BCUT2D eigenvalue weighted by Crippen LogP contribution is -2.16. The number of para-hydroxylation sites is 1. The molecule has 0 saturated carbocycles. The molecule has 1 amide bonds. The minimum atomic E-state index is -0.186. The summed E-state index contributed by atoms with van der Waals surface area (Å²) >= 11 is 0. The van der Waals surface area contributed by atoms with E-state index < -0.39 is 0 Å². The van der Waals surface area contributed by atoms with Crippen molar-refractivity contribution in [1.82, 2.24) is 0 Å². The molecule has 2 rings (SSSR count). The highest BCUT2D eigenvalue weighted by molar-refractivity contribution is 6.07. The summed E-state index contributed by atoms with van der Waals surface area (Å²) < 4.78 is 10.6. The fourth-order valence-electron chi connectivity index (χ4n) is 2.86. The lowest BCUT2D eigenvalue weighted by molar-refractivity contribution is 0.102. The van der Waals surface area contributed by atoms with E-state index in [1.807, 2.05) is 6.07 Å². The van der Waals surface area contributed by atoms with Crippen molar-refractivity contribution in [2.75, 3.05) is 19.5 Å². The molecule has 0 bridgehead atoms. The molecule has 0 spiro atoms. The largest absolute Gasteiger partial charge is 0.497 e. The molecule has 0 fully saturated rings. The van der Waals surface area contributed by atoms with Gasteiger partial charge in [0.1, 0.15) is 11.5 Å². The van der Waals surface area contributed by atoms with E-state index in [1.165, 1.54) is 0 Å². The first-order chi connectivity index (χ1) is 11.9. The van der Waals surface area contributed by atoms with E-state index in [9.17, 15) is 4.79 Å². The molecule has 0 aliphatic rings. The summed E-state index contributed by atoms with van der Waals surface area (Å²) in [5.41, 5.74) is 3.64. The summed E-state index contributed by atoms with van der Waals surface area (Å²) in [7, 11) is 3.13. The van der Waals surface area contributed by atoms with Crippen molar-refractivity contribution in [3.63, 3.8) is 0 Å². The first-order valence-corrected chi connectivity index (χ1v) is 8.55. The molecule has 2 aromatic carbocycles. The molecule has 0 heterocycles. The average Bonchev–Trinajstić information content (AvgIpc) is 2.60. The fourth-order valence-corrected chi connectivity index (χ4v) is 2.86. The van der Waals surface area contributed by atoms with Crippen LogP contribution in [0.25, 0.3) is 0 Å². The van der Waals surface area contributed by atoms with Gasteiger partial charge in [-0.1, -0.05) is 45.9 Å². The zero-order valence-electron chi connectivity index (χ0n) is 15.8. The van der Waals surface area contributed by atoms with Gasteiger partial charge in [-0.05, 0) is 35.1 Å². The number of carbonyl (C=O) groups excluding carboxylic acids is 1. The summed E-state index contributed by atoms with van der Waals surface area (Å²) in [6.07, 6.45) is 0. The van der Waals surface area contributed by atoms with E-state index in [0.29, 0.717) is 28.9 Å². The van der Waals surface area contributed by atoms with Crippen LogP contribution in [0.4, 0.5) is 5.69 Å². The van der Waals surface area contributed by atoms with E-state index in [0.717, 1.165) is 16.8 Å². The van der Waals surface area contributed by atoms with Gasteiger partial charge in [-0.15, -0.1) is 0 Å². The maximum atomic E-state index is 12.9. The molecule has 0 atom stereocenters. The topological polar surface area (TPSA) is 47.6 Å². The summed E-state index contributed by atoms with van der Waals surface area (Å²) in [5, 5.41) is 3.11. The van der Waals surface area contributed by atoms with Gasteiger partial charge in [0.25, 0.3) is 5.91 Å². The van der Waals surface area contributed by atoms with Crippen molar-refractivity contribution in [1.29, 1.82) is 0 Å². The van der Waals surface area contributed by atoms with E-state index >= 15 is 0 Å². The van der Waals surface area contributed by atoms with Gasteiger partial charge in [0.15, 0.2) is 0 Å². The molecule has 0 aromatic heterocycles. The van der Waals surface area contributed by atoms with Gasteiger partial charge in [-0.2, -0.15) is 0 Å². The zero-order valence-corrected chi connectivity index (χ0v) is 15.8. The lowest BCUT2D eigenvalue weighted by Gasteiger charge is -2.20. The minimum absolute atomic E-state index is 0.186. The van der Waals surface area contributed by atoms with E-state index in [4.69, 9.17) is 9.47 Å². The van der Waals surface area contributed by atoms with Crippen molar-refractivity contribution in [2.45, 2.75) is 39.5 Å². The third-order valence-electron chi connectivity index (χ3n) is 4.26. The first-order valence-electron chi connectivity index (χ1n) is 8.55. The number of hydrogen-bond donors (Lipinski definition) is 1. The Labute approximate surface area is 150 Å². The van der Waals surface area contributed by atoms with Crippen molar-refractivity contribution < 1.29 is 14.3 Å². The van der Waals surface area contributed by atoms with Crippen LogP contribution in [-0.4, -0.2) is 20.1 Å². The Morgan fingerprint density at radius 1 is 0.920 bits per heavy atom. The van der Waals surface area contributed by atoms with Gasteiger partial charge in [0.05, 0.1) is 19.8 Å². The molecule has 0 radical (unpaired) electrons. The highest BCUT2D eigenvalue weighted by atomic mass is 16.5. The van der Waals surface area contributed by atoms with Gasteiger partial charge in [0, 0.05) is 11.8 Å². The Hall–Kier alpha value is -2.49. The molecule has 25 heavy (non-hydrogen) atoms. The van der Waals surface area contributed by atoms with Crippen LogP contribution in [0.2, 0.25) is 0 Å². The van der Waals surface area contributed by atoms with Crippen molar-refractivity contribution in [3.05, 3.63) is 53.1 Å². The van der Waals surface area contributed by atoms with E-state index in [1.54, 1.807) is 32.4 Å². The standard InChI is InChI=1S/C21H27NO3/c1-13(2)16-8-7-9-17(14(3)4)20(16)22-21(23)18-11-10-15(24-5)12-19(18)25-6/h7-14H,1-6H3,(H,22,23). The summed E-state index contributed by atoms with van der Waals surface area (Å²) in [4.78, 5) is 12.9. The lowest BCUT2D eigenvalue weighted by atomic mass is 9.92. The quantitative estimate of drug-likeness (QED) is 0.785. The molecule has 0 aliphatic carbocycles. The summed E-state index contributed by atoms with van der Waals surface area (Å²) in [5.74, 6) is 1.58. The van der Waals surface area contributed by atoms with Gasteiger partial charge >= 0.3 is 0 Å². The minimum Gasteiger partial charge on any atom is -0.497 e. The van der Waals surface area contributed by atoms with Crippen LogP contribution in [-0.2, 0) is 0 Å². The number of ether oxygens (including phenoxy) is 2. The predicted molar refractivity (Wildman–Crippen MR) is 102 cm³/mol. The van der Waals surface area contributed by atoms with E-state index in [2.05, 4.69) is 45.1 Å². The molecule has 0 aliphatic heterocycles. The molecule has 2 aromatic rings. The monoisotopic (exact) mass is 341 g/mol. The zero-order chi connectivity index (χ0) is 18.6. The molecule has 1 N–H and O–H groups in total. The second-order valence-corrected chi connectivity index (χ2v) is 6.64. The maximum absolute atomic E-state index is 12.9. The number of benzene rings is 2. The third kappa shape index (κ3) is 4.13. The average molecular weight is 341 g/mol. The summed E-state index contributed by atoms with van der Waals surface area (Å²) in [6.45, 7) is 8.51. The molecular weight excluding hydrogens is 314 g/mol. The highest BCUT2D eigenvalue weighted by Crippen LogP contribution is 2.33. The highest BCUT2D eigenvalue weighted by Gasteiger charge is 2.19. The second kappa shape index (κ2) is 8.06.